The molecular formula is C16H18N2O3S2. The maximum absolute atomic E-state index is 12.1. The van der Waals surface area contributed by atoms with Crippen LogP contribution in [0.3, 0.4) is 0 Å². The molecule has 1 atom stereocenters. The van der Waals surface area contributed by atoms with Crippen LogP contribution in [-0.2, 0) is 10.0 Å². The second-order valence-electron chi connectivity index (χ2n) is 5.71. The number of nitrogens with one attached hydrogen (secondary N) is 2. The van der Waals surface area contributed by atoms with Crippen LogP contribution in [0, 0.1) is 5.92 Å². The van der Waals surface area contributed by atoms with E-state index in [9.17, 15) is 13.2 Å². The zero-order valence-corrected chi connectivity index (χ0v) is 14.3. The van der Waals surface area contributed by atoms with Crippen molar-refractivity contribution in [3.05, 3.63) is 47.3 Å². The van der Waals surface area contributed by atoms with E-state index in [1.165, 1.54) is 12.8 Å². The number of sulfonamides is 1. The smallest absolute Gasteiger partial charge is 0.271 e. The van der Waals surface area contributed by atoms with Crippen LogP contribution in [0.25, 0.3) is 0 Å². The number of rotatable bonds is 6. The summed E-state index contributed by atoms with van der Waals surface area (Å²) in [4.78, 5) is 12.1. The molecule has 1 unspecified atom stereocenters. The predicted octanol–water partition coefficient (Wildman–Crippen LogP) is 3.08. The lowest BCUT2D eigenvalue weighted by Gasteiger charge is -2.13. The molecule has 1 aliphatic carbocycles. The highest BCUT2D eigenvalue weighted by atomic mass is 32.2. The average molecular weight is 350 g/mol. The van der Waals surface area contributed by atoms with Gasteiger partial charge < -0.3 is 5.32 Å². The maximum atomic E-state index is 12.1. The lowest BCUT2D eigenvalue weighted by Crippen LogP contribution is -2.33. The first kappa shape index (κ1) is 16.0. The van der Waals surface area contributed by atoms with Gasteiger partial charge in [-0.05, 0) is 61.4 Å². The minimum absolute atomic E-state index is 0.128. The zero-order chi connectivity index (χ0) is 16.4. The topological polar surface area (TPSA) is 75.3 Å². The Labute approximate surface area is 139 Å². The van der Waals surface area contributed by atoms with E-state index in [1.807, 2.05) is 6.92 Å². The van der Waals surface area contributed by atoms with Gasteiger partial charge in [0.1, 0.15) is 4.21 Å². The average Bonchev–Trinajstić information content (AvgIpc) is 3.21. The quantitative estimate of drug-likeness (QED) is 0.841. The molecule has 1 heterocycles. The standard InChI is InChI=1S/C16H18N2O3S2/c1-11(12-4-5-12)17-16(19)13-6-8-14(9-7-13)18-23(20,21)15-3-2-10-22-15/h2-3,6-12,18H,4-5H2,1H3,(H,17,19). The van der Waals surface area contributed by atoms with E-state index in [1.54, 1.807) is 41.8 Å². The summed E-state index contributed by atoms with van der Waals surface area (Å²) >= 11 is 1.16. The molecule has 5 nitrogen and oxygen atoms in total. The summed E-state index contributed by atoms with van der Waals surface area (Å²) in [5.74, 6) is 0.466. The van der Waals surface area contributed by atoms with Crippen molar-refractivity contribution in [1.29, 1.82) is 0 Å². The van der Waals surface area contributed by atoms with Crippen LogP contribution >= 0.6 is 11.3 Å². The van der Waals surface area contributed by atoms with Gasteiger partial charge in [0.25, 0.3) is 15.9 Å². The van der Waals surface area contributed by atoms with Crippen molar-refractivity contribution in [3.8, 4) is 0 Å². The summed E-state index contributed by atoms with van der Waals surface area (Å²) in [5.41, 5.74) is 0.960. The minimum atomic E-state index is -3.56. The van der Waals surface area contributed by atoms with E-state index >= 15 is 0 Å². The molecule has 1 aromatic carbocycles. The van der Waals surface area contributed by atoms with E-state index in [-0.39, 0.29) is 16.2 Å². The van der Waals surface area contributed by atoms with Gasteiger partial charge in [0.05, 0.1) is 0 Å². The van der Waals surface area contributed by atoms with Crippen LogP contribution < -0.4 is 10.0 Å². The van der Waals surface area contributed by atoms with E-state index in [4.69, 9.17) is 0 Å². The van der Waals surface area contributed by atoms with Crippen molar-refractivity contribution in [2.24, 2.45) is 5.92 Å². The molecular weight excluding hydrogens is 332 g/mol. The fourth-order valence-corrected chi connectivity index (χ4v) is 4.37. The van der Waals surface area contributed by atoms with Gasteiger partial charge in [-0.25, -0.2) is 8.42 Å². The second kappa shape index (κ2) is 6.33. The first-order valence-electron chi connectivity index (χ1n) is 7.43. The Morgan fingerprint density at radius 1 is 1.22 bits per heavy atom. The van der Waals surface area contributed by atoms with Crippen molar-refractivity contribution in [2.45, 2.75) is 30.0 Å². The van der Waals surface area contributed by atoms with Gasteiger partial charge in [-0.15, -0.1) is 11.3 Å². The van der Waals surface area contributed by atoms with Crippen LogP contribution in [-0.4, -0.2) is 20.4 Å². The monoisotopic (exact) mass is 350 g/mol. The summed E-state index contributed by atoms with van der Waals surface area (Å²) in [6, 6.07) is 9.87. The zero-order valence-electron chi connectivity index (χ0n) is 12.7. The molecule has 0 saturated heterocycles. The molecule has 0 bridgehead atoms. The predicted molar refractivity (Wildman–Crippen MR) is 91.2 cm³/mol. The van der Waals surface area contributed by atoms with Crippen LogP contribution in [0.1, 0.15) is 30.1 Å². The highest BCUT2D eigenvalue weighted by Gasteiger charge is 2.29. The molecule has 1 saturated carbocycles. The molecule has 1 aliphatic rings. The third-order valence-corrected chi connectivity index (χ3v) is 6.63. The Bertz CT molecular complexity index is 779. The summed E-state index contributed by atoms with van der Waals surface area (Å²) in [7, 11) is -3.56. The van der Waals surface area contributed by atoms with Gasteiger partial charge in [0.2, 0.25) is 0 Å². The Kier molecular flexibility index (Phi) is 4.41. The van der Waals surface area contributed by atoms with E-state index in [0.29, 0.717) is 17.2 Å². The van der Waals surface area contributed by atoms with Crippen molar-refractivity contribution in [1.82, 2.24) is 5.32 Å². The lowest BCUT2D eigenvalue weighted by molar-refractivity contribution is 0.0936. The Morgan fingerprint density at radius 2 is 1.91 bits per heavy atom. The van der Waals surface area contributed by atoms with Gasteiger partial charge in [0, 0.05) is 17.3 Å². The molecule has 2 aromatic rings. The van der Waals surface area contributed by atoms with Gasteiger partial charge >= 0.3 is 0 Å². The Balaban J connectivity index is 1.66. The molecule has 0 radical (unpaired) electrons. The number of carbonyl (C=O) groups excluding carboxylic acids is 1. The number of benzene rings is 1. The number of hydrogen-bond donors (Lipinski definition) is 2. The first-order chi connectivity index (χ1) is 11.0. The maximum Gasteiger partial charge on any atom is 0.271 e. The van der Waals surface area contributed by atoms with Gasteiger partial charge in [-0.2, -0.15) is 0 Å². The SMILES string of the molecule is CC(NC(=O)c1ccc(NS(=O)(=O)c2cccs2)cc1)C1CC1. The lowest BCUT2D eigenvalue weighted by atomic mass is 10.1. The van der Waals surface area contributed by atoms with Gasteiger partial charge in [-0.1, -0.05) is 6.07 Å². The fourth-order valence-electron chi connectivity index (χ4n) is 2.32. The van der Waals surface area contributed by atoms with Crippen LogP contribution in [0.15, 0.2) is 46.0 Å². The molecule has 1 amide bonds. The summed E-state index contributed by atoms with van der Waals surface area (Å²) in [6.45, 7) is 2.01. The number of anilines is 1. The van der Waals surface area contributed by atoms with E-state index in [2.05, 4.69) is 10.0 Å². The van der Waals surface area contributed by atoms with E-state index < -0.39 is 10.0 Å². The molecule has 7 heteroatoms. The Hall–Kier alpha value is -1.86. The van der Waals surface area contributed by atoms with Crippen molar-refractivity contribution >= 4 is 33.0 Å². The van der Waals surface area contributed by atoms with Gasteiger partial charge in [0.15, 0.2) is 0 Å². The normalized spacial score (nSPS) is 15.9. The van der Waals surface area contributed by atoms with E-state index in [0.717, 1.165) is 11.3 Å². The molecule has 3 rings (SSSR count). The van der Waals surface area contributed by atoms with Crippen LogP contribution in [0.2, 0.25) is 0 Å². The molecule has 0 aliphatic heterocycles. The minimum Gasteiger partial charge on any atom is -0.349 e. The number of hydrogen-bond acceptors (Lipinski definition) is 4. The fraction of sp³-hybridized carbons (Fsp3) is 0.312. The highest BCUT2D eigenvalue weighted by molar-refractivity contribution is 7.94. The number of amides is 1. The molecule has 23 heavy (non-hydrogen) atoms. The molecule has 0 spiro atoms. The highest BCUT2D eigenvalue weighted by Crippen LogP contribution is 2.32. The van der Waals surface area contributed by atoms with Crippen molar-refractivity contribution < 1.29 is 13.2 Å². The third kappa shape index (κ3) is 3.92. The summed E-state index contributed by atoms with van der Waals surface area (Å²) in [5, 5.41) is 4.68. The van der Waals surface area contributed by atoms with Crippen LogP contribution in [0.5, 0.6) is 0 Å². The molecule has 1 aromatic heterocycles. The first-order valence-corrected chi connectivity index (χ1v) is 9.79. The van der Waals surface area contributed by atoms with Crippen molar-refractivity contribution in [2.75, 3.05) is 4.72 Å². The summed E-state index contributed by atoms with van der Waals surface area (Å²) < 4.78 is 27.0. The number of carbonyl (C=O) groups is 1. The van der Waals surface area contributed by atoms with Gasteiger partial charge in [-0.3, -0.25) is 9.52 Å². The molecule has 2 N–H and O–H groups in total. The largest absolute Gasteiger partial charge is 0.349 e. The second-order valence-corrected chi connectivity index (χ2v) is 8.57. The number of thiophene rings is 1. The summed E-state index contributed by atoms with van der Waals surface area (Å²) in [6.07, 6.45) is 2.34. The third-order valence-electron chi connectivity index (χ3n) is 3.85. The van der Waals surface area contributed by atoms with Crippen molar-refractivity contribution in [3.63, 3.8) is 0 Å². The molecule has 122 valence electrons. The van der Waals surface area contributed by atoms with Crippen LogP contribution in [0.4, 0.5) is 5.69 Å². The molecule has 1 fully saturated rings. The Morgan fingerprint density at radius 3 is 2.48 bits per heavy atom.